The van der Waals surface area contributed by atoms with Crippen LogP contribution in [0.5, 0.6) is 11.5 Å². The van der Waals surface area contributed by atoms with E-state index < -0.39 is 10.7 Å². The van der Waals surface area contributed by atoms with Crippen molar-refractivity contribution in [2.75, 3.05) is 0 Å². The van der Waals surface area contributed by atoms with Crippen molar-refractivity contribution in [3.63, 3.8) is 0 Å². The fraction of sp³-hybridized carbons (Fsp3) is 0.200. The van der Waals surface area contributed by atoms with Gasteiger partial charge in [-0.2, -0.15) is 0 Å². The van der Waals surface area contributed by atoms with Gasteiger partial charge in [0.25, 0.3) is 0 Å². The van der Waals surface area contributed by atoms with Gasteiger partial charge in [0.2, 0.25) is 5.75 Å². The highest BCUT2D eigenvalue weighted by Crippen LogP contribution is 2.34. The summed E-state index contributed by atoms with van der Waals surface area (Å²) in [5.41, 5.74) is 6.70. The molecule has 0 spiro atoms. The summed E-state index contributed by atoms with van der Waals surface area (Å²) in [5, 5.41) is 11.1. The van der Waals surface area contributed by atoms with Crippen LogP contribution in [0.15, 0.2) is 36.4 Å². The second-order valence-corrected chi connectivity index (χ2v) is 4.47. The molecule has 0 aromatic heterocycles. The Morgan fingerprint density at radius 1 is 1.24 bits per heavy atom. The monoisotopic (exact) mass is 290 g/mol. The summed E-state index contributed by atoms with van der Waals surface area (Å²) in [6.45, 7) is 1.99. The molecule has 0 fully saturated rings. The Hall–Kier alpha value is -2.47. The topological polar surface area (TPSA) is 78.4 Å². The van der Waals surface area contributed by atoms with Crippen molar-refractivity contribution < 1.29 is 14.1 Å². The van der Waals surface area contributed by atoms with Crippen LogP contribution >= 0.6 is 0 Å². The largest absolute Gasteiger partial charge is 0.450 e. The first kappa shape index (κ1) is 14.9. The minimum absolute atomic E-state index is 0.0773. The summed E-state index contributed by atoms with van der Waals surface area (Å²) in [6.07, 6.45) is 0.686. The molecule has 2 rings (SSSR count). The Labute approximate surface area is 121 Å². The Bertz CT molecular complexity index is 674. The summed E-state index contributed by atoms with van der Waals surface area (Å²) in [6, 6.07) is 8.66. The summed E-state index contributed by atoms with van der Waals surface area (Å²) in [5.74, 6) is -0.0108. The lowest BCUT2D eigenvalue weighted by Gasteiger charge is -2.11. The molecule has 0 aliphatic carbocycles. The molecule has 2 aromatic carbocycles. The van der Waals surface area contributed by atoms with E-state index in [1.807, 2.05) is 6.92 Å². The number of rotatable bonds is 5. The van der Waals surface area contributed by atoms with Crippen molar-refractivity contribution in [2.24, 2.45) is 5.73 Å². The van der Waals surface area contributed by atoms with Gasteiger partial charge in [0.05, 0.1) is 4.92 Å². The van der Waals surface area contributed by atoms with Crippen molar-refractivity contribution in [1.82, 2.24) is 0 Å². The summed E-state index contributed by atoms with van der Waals surface area (Å²) in [7, 11) is 0. The highest BCUT2D eigenvalue weighted by molar-refractivity contribution is 5.51. The molecule has 21 heavy (non-hydrogen) atoms. The van der Waals surface area contributed by atoms with Crippen LogP contribution in [0, 0.1) is 15.9 Å². The number of ether oxygens (including phenoxy) is 1. The van der Waals surface area contributed by atoms with E-state index >= 15 is 0 Å². The Kier molecular flexibility index (Phi) is 4.49. The molecular weight excluding hydrogens is 275 g/mol. The molecule has 0 aliphatic heterocycles. The minimum Gasteiger partial charge on any atom is -0.450 e. The molecule has 0 unspecified atom stereocenters. The van der Waals surface area contributed by atoms with Crippen LogP contribution in [-0.2, 0) is 13.0 Å². The number of hydrogen-bond acceptors (Lipinski definition) is 4. The van der Waals surface area contributed by atoms with Crippen molar-refractivity contribution >= 4 is 5.69 Å². The maximum atomic E-state index is 13.2. The fourth-order valence-electron chi connectivity index (χ4n) is 1.94. The van der Waals surface area contributed by atoms with Gasteiger partial charge in [-0.25, -0.2) is 4.39 Å². The molecule has 0 saturated heterocycles. The third kappa shape index (κ3) is 3.35. The average molecular weight is 290 g/mol. The normalized spacial score (nSPS) is 10.4. The third-order valence-electron chi connectivity index (χ3n) is 3.09. The molecule has 0 atom stereocenters. The highest BCUT2D eigenvalue weighted by Gasteiger charge is 2.17. The zero-order valence-corrected chi connectivity index (χ0v) is 11.5. The lowest BCUT2D eigenvalue weighted by Crippen LogP contribution is -2.01. The second kappa shape index (κ2) is 6.32. The van der Waals surface area contributed by atoms with Crippen LogP contribution in [0.25, 0.3) is 0 Å². The number of nitro groups is 1. The third-order valence-corrected chi connectivity index (χ3v) is 3.09. The fourth-order valence-corrected chi connectivity index (χ4v) is 1.94. The van der Waals surface area contributed by atoms with Crippen LogP contribution < -0.4 is 10.5 Å². The van der Waals surface area contributed by atoms with Gasteiger partial charge < -0.3 is 10.5 Å². The van der Waals surface area contributed by atoms with Crippen molar-refractivity contribution in [1.29, 1.82) is 0 Å². The molecule has 110 valence electrons. The molecule has 5 nitrogen and oxygen atoms in total. The molecule has 2 aromatic rings. The molecule has 0 amide bonds. The number of benzene rings is 2. The highest BCUT2D eigenvalue weighted by atomic mass is 19.1. The van der Waals surface area contributed by atoms with Crippen molar-refractivity contribution in [2.45, 2.75) is 19.9 Å². The Balaban J connectivity index is 2.42. The van der Waals surface area contributed by atoms with E-state index in [2.05, 4.69) is 0 Å². The van der Waals surface area contributed by atoms with Crippen LogP contribution in [0.4, 0.5) is 10.1 Å². The lowest BCUT2D eigenvalue weighted by molar-refractivity contribution is -0.385. The van der Waals surface area contributed by atoms with Crippen LogP contribution in [0.2, 0.25) is 0 Å². The molecule has 0 aliphatic rings. The predicted octanol–water partition coefficient (Wildman–Crippen LogP) is 3.55. The summed E-state index contributed by atoms with van der Waals surface area (Å²) in [4.78, 5) is 10.6. The predicted molar refractivity (Wildman–Crippen MR) is 76.8 cm³/mol. The van der Waals surface area contributed by atoms with Gasteiger partial charge in [0, 0.05) is 18.2 Å². The number of nitrogens with zero attached hydrogens (tertiary/aromatic N) is 1. The van der Waals surface area contributed by atoms with Crippen molar-refractivity contribution in [3.8, 4) is 11.5 Å². The summed E-state index contributed by atoms with van der Waals surface area (Å²) < 4.78 is 18.7. The van der Waals surface area contributed by atoms with Gasteiger partial charge in [-0.05, 0) is 36.2 Å². The van der Waals surface area contributed by atoms with E-state index in [1.165, 1.54) is 24.3 Å². The molecule has 0 heterocycles. The van der Waals surface area contributed by atoms with Gasteiger partial charge in [-0.3, -0.25) is 10.1 Å². The quantitative estimate of drug-likeness (QED) is 0.674. The van der Waals surface area contributed by atoms with Crippen LogP contribution in [0.3, 0.4) is 0 Å². The van der Waals surface area contributed by atoms with Gasteiger partial charge in [0.1, 0.15) is 11.6 Å². The van der Waals surface area contributed by atoms with Gasteiger partial charge in [-0.1, -0.05) is 13.0 Å². The SMILES string of the molecule is CCc1ccc(Oc2ccc(F)cc2CN)c([N+](=O)[O-])c1. The first-order valence-electron chi connectivity index (χ1n) is 6.48. The smallest absolute Gasteiger partial charge is 0.311 e. The first-order valence-corrected chi connectivity index (χ1v) is 6.48. The van der Waals surface area contributed by atoms with Gasteiger partial charge in [-0.15, -0.1) is 0 Å². The van der Waals surface area contributed by atoms with Gasteiger partial charge >= 0.3 is 5.69 Å². The first-order chi connectivity index (χ1) is 10.0. The van der Waals surface area contributed by atoms with Crippen molar-refractivity contribution in [3.05, 3.63) is 63.5 Å². The zero-order chi connectivity index (χ0) is 15.4. The molecule has 0 saturated carbocycles. The maximum absolute atomic E-state index is 13.2. The Morgan fingerprint density at radius 2 is 1.95 bits per heavy atom. The zero-order valence-electron chi connectivity index (χ0n) is 11.5. The molecule has 2 N–H and O–H groups in total. The average Bonchev–Trinajstić information content (AvgIpc) is 2.49. The molecular formula is C15H15FN2O3. The van der Waals surface area contributed by atoms with E-state index in [-0.39, 0.29) is 18.0 Å². The molecule has 6 heteroatoms. The Morgan fingerprint density at radius 3 is 2.57 bits per heavy atom. The van der Waals surface area contributed by atoms with E-state index in [0.717, 1.165) is 5.56 Å². The van der Waals surface area contributed by atoms with E-state index in [4.69, 9.17) is 10.5 Å². The number of hydrogen-bond donors (Lipinski definition) is 1. The molecule has 0 bridgehead atoms. The standard InChI is InChI=1S/C15H15FN2O3/c1-2-10-3-5-15(13(7-10)18(19)20)21-14-6-4-12(16)8-11(14)9-17/h3-8H,2,9,17H2,1H3. The van der Waals surface area contributed by atoms with Crippen LogP contribution in [-0.4, -0.2) is 4.92 Å². The second-order valence-electron chi connectivity index (χ2n) is 4.47. The number of nitro benzene ring substituents is 1. The maximum Gasteiger partial charge on any atom is 0.311 e. The van der Waals surface area contributed by atoms with Crippen LogP contribution in [0.1, 0.15) is 18.1 Å². The molecule has 0 radical (unpaired) electrons. The minimum atomic E-state index is -0.500. The lowest BCUT2D eigenvalue weighted by atomic mass is 10.1. The number of aryl methyl sites for hydroxylation is 1. The van der Waals surface area contributed by atoms with E-state index in [0.29, 0.717) is 17.7 Å². The van der Waals surface area contributed by atoms with Gasteiger partial charge in [0.15, 0.2) is 0 Å². The van der Waals surface area contributed by atoms with E-state index in [1.54, 1.807) is 12.1 Å². The number of halogens is 1. The number of nitrogens with two attached hydrogens (primary N) is 1. The summed E-state index contributed by atoms with van der Waals surface area (Å²) >= 11 is 0. The van der Waals surface area contributed by atoms with E-state index in [9.17, 15) is 14.5 Å².